The molecule has 2 aliphatic rings. The lowest BCUT2D eigenvalue weighted by atomic mass is 9.79. The molecule has 0 spiro atoms. The molecule has 0 amide bonds. The Morgan fingerprint density at radius 3 is 2.41 bits per heavy atom. The van der Waals surface area contributed by atoms with E-state index in [1.165, 1.54) is 12.8 Å². The van der Waals surface area contributed by atoms with Gasteiger partial charge in [0.1, 0.15) is 6.61 Å². The van der Waals surface area contributed by atoms with Crippen LogP contribution < -0.4 is 5.32 Å². The van der Waals surface area contributed by atoms with Gasteiger partial charge in [-0.1, -0.05) is 6.92 Å². The molecule has 0 heterocycles. The maximum Gasteiger partial charge on any atom is 0.261 e. The molecular weight excluding hydrogens is 224 g/mol. The molecule has 0 aliphatic heterocycles. The lowest BCUT2D eigenvalue weighted by Crippen LogP contribution is -2.47. The van der Waals surface area contributed by atoms with Gasteiger partial charge in [0, 0.05) is 12.6 Å². The minimum atomic E-state index is -2.35. The maximum absolute atomic E-state index is 12.3. The Kier molecular flexibility index (Phi) is 4.36. The summed E-state index contributed by atoms with van der Waals surface area (Å²) in [4.78, 5) is 0. The predicted molar refractivity (Wildman–Crippen MR) is 63.3 cm³/mol. The third kappa shape index (κ3) is 4.18. The predicted octanol–water partition coefficient (Wildman–Crippen LogP) is 2.97. The average Bonchev–Trinajstić information content (AvgIpc) is 3.11. The first-order valence-electron chi connectivity index (χ1n) is 6.75. The van der Waals surface area contributed by atoms with Crippen LogP contribution in [0.4, 0.5) is 8.78 Å². The average molecular weight is 247 g/mol. The highest BCUT2D eigenvalue weighted by atomic mass is 19.3. The lowest BCUT2D eigenvalue weighted by molar-refractivity contribution is -0.110. The zero-order valence-electron chi connectivity index (χ0n) is 10.6. The zero-order chi connectivity index (χ0) is 12.3. The van der Waals surface area contributed by atoms with E-state index in [0.29, 0.717) is 12.0 Å². The summed E-state index contributed by atoms with van der Waals surface area (Å²) in [6.07, 6.45) is 4.11. The van der Waals surface area contributed by atoms with Gasteiger partial charge >= 0.3 is 0 Å². The van der Waals surface area contributed by atoms with Gasteiger partial charge in [-0.25, -0.2) is 8.78 Å². The second-order valence-electron chi connectivity index (χ2n) is 5.72. The Balaban J connectivity index is 1.84. The Morgan fingerprint density at radius 1 is 1.24 bits per heavy atom. The number of hydrogen-bond acceptors (Lipinski definition) is 2. The van der Waals surface area contributed by atoms with Crippen molar-refractivity contribution >= 4 is 0 Å². The van der Waals surface area contributed by atoms with Crippen molar-refractivity contribution in [3.8, 4) is 0 Å². The first-order valence-corrected chi connectivity index (χ1v) is 6.75. The number of halogens is 2. The smallest absolute Gasteiger partial charge is 0.261 e. The highest BCUT2D eigenvalue weighted by Crippen LogP contribution is 2.35. The van der Waals surface area contributed by atoms with Gasteiger partial charge in [0.2, 0.25) is 0 Å². The molecule has 0 atom stereocenters. The number of ether oxygens (including phenoxy) is 1. The molecule has 0 unspecified atom stereocenters. The summed E-state index contributed by atoms with van der Waals surface area (Å²) in [6, 6.07) is 0.612. The van der Waals surface area contributed by atoms with Crippen LogP contribution in [0.2, 0.25) is 0 Å². The second kappa shape index (κ2) is 5.61. The molecule has 0 aromatic heterocycles. The largest absolute Gasteiger partial charge is 0.368 e. The SMILES string of the molecule is CC1CCC(CNC2CC2)(OCC(F)F)CC1. The Bertz CT molecular complexity index is 228. The van der Waals surface area contributed by atoms with Crippen LogP contribution in [0.1, 0.15) is 45.4 Å². The van der Waals surface area contributed by atoms with Crippen LogP contribution in [0.25, 0.3) is 0 Å². The van der Waals surface area contributed by atoms with Gasteiger partial charge in [0.15, 0.2) is 0 Å². The number of hydrogen-bond donors (Lipinski definition) is 1. The fraction of sp³-hybridized carbons (Fsp3) is 1.00. The molecule has 0 saturated heterocycles. The first kappa shape index (κ1) is 13.2. The molecule has 0 bridgehead atoms. The summed E-state index contributed by atoms with van der Waals surface area (Å²) in [5.74, 6) is 0.708. The van der Waals surface area contributed by atoms with E-state index in [4.69, 9.17) is 4.74 Å². The molecule has 100 valence electrons. The monoisotopic (exact) mass is 247 g/mol. The number of rotatable bonds is 6. The highest BCUT2D eigenvalue weighted by molar-refractivity contribution is 4.92. The summed E-state index contributed by atoms with van der Waals surface area (Å²) in [7, 11) is 0. The van der Waals surface area contributed by atoms with E-state index < -0.39 is 13.0 Å². The van der Waals surface area contributed by atoms with Crippen LogP contribution >= 0.6 is 0 Å². The molecule has 2 aliphatic carbocycles. The highest BCUT2D eigenvalue weighted by Gasteiger charge is 2.37. The molecule has 2 nitrogen and oxygen atoms in total. The quantitative estimate of drug-likeness (QED) is 0.779. The second-order valence-corrected chi connectivity index (χ2v) is 5.72. The fourth-order valence-electron chi connectivity index (χ4n) is 2.52. The summed E-state index contributed by atoms with van der Waals surface area (Å²) < 4.78 is 30.2. The van der Waals surface area contributed by atoms with Crippen LogP contribution in [0.15, 0.2) is 0 Å². The number of alkyl halides is 2. The van der Waals surface area contributed by atoms with Crippen molar-refractivity contribution in [3.63, 3.8) is 0 Å². The van der Waals surface area contributed by atoms with Crippen molar-refractivity contribution in [2.45, 2.75) is 63.5 Å². The van der Waals surface area contributed by atoms with Crippen LogP contribution in [-0.4, -0.2) is 31.2 Å². The van der Waals surface area contributed by atoms with Crippen LogP contribution in [0, 0.1) is 5.92 Å². The van der Waals surface area contributed by atoms with Crippen LogP contribution in [-0.2, 0) is 4.74 Å². The topological polar surface area (TPSA) is 21.3 Å². The zero-order valence-corrected chi connectivity index (χ0v) is 10.6. The van der Waals surface area contributed by atoms with Crippen molar-refractivity contribution in [1.29, 1.82) is 0 Å². The van der Waals surface area contributed by atoms with Gasteiger partial charge in [-0.3, -0.25) is 0 Å². The van der Waals surface area contributed by atoms with Crippen molar-refractivity contribution in [2.75, 3.05) is 13.2 Å². The Morgan fingerprint density at radius 2 is 1.88 bits per heavy atom. The molecule has 0 aromatic rings. The van der Waals surface area contributed by atoms with Crippen LogP contribution in [0.5, 0.6) is 0 Å². The van der Waals surface area contributed by atoms with Gasteiger partial charge < -0.3 is 10.1 Å². The lowest BCUT2D eigenvalue weighted by Gasteiger charge is -2.39. The molecule has 0 aromatic carbocycles. The van der Waals surface area contributed by atoms with E-state index in [0.717, 1.165) is 32.2 Å². The third-order valence-corrected chi connectivity index (χ3v) is 3.99. The maximum atomic E-state index is 12.3. The molecule has 17 heavy (non-hydrogen) atoms. The van der Waals surface area contributed by atoms with Crippen molar-refractivity contribution in [2.24, 2.45) is 5.92 Å². The molecular formula is C13H23F2NO. The van der Waals surface area contributed by atoms with E-state index in [1.807, 2.05) is 0 Å². The molecule has 2 saturated carbocycles. The summed E-state index contributed by atoms with van der Waals surface area (Å²) in [6.45, 7) is 2.56. The van der Waals surface area contributed by atoms with Gasteiger partial charge in [-0.15, -0.1) is 0 Å². The standard InChI is InChI=1S/C13H23F2NO/c1-10-4-6-13(7-5-10,17-8-12(14)15)9-16-11-2-3-11/h10-12,16H,2-9H2,1H3. The van der Waals surface area contributed by atoms with Gasteiger partial charge in [-0.05, 0) is 44.4 Å². The van der Waals surface area contributed by atoms with E-state index >= 15 is 0 Å². The Hall–Kier alpha value is -0.220. The number of nitrogens with one attached hydrogen (secondary N) is 1. The third-order valence-electron chi connectivity index (χ3n) is 3.99. The summed E-state index contributed by atoms with van der Waals surface area (Å²) >= 11 is 0. The minimum Gasteiger partial charge on any atom is -0.368 e. The van der Waals surface area contributed by atoms with Crippen LogP contribution in [0.3, 0.4) is 0 Å². The molecule has 0 radical (unpaired) electrons. The van der Waals surface area contributed by atoms with Gasteiger partial charge in [0.05, 0.1) is 5.60 Å². The van der Waals surface area contributed by atoms with E-state index in [9.17, 15) is 8.78 Å². The van der Waals surface area contributed by atoms with E-state index in [1.54, 1.807) is 0 Å². The van der Waals surface area contributed by atoms with E-state index in [2.05, 4.69) is 12.2 Å². The van der Waals surface area contributed by atoms with Gasteiger partial charge in [-0.2, -0.15) is 0 Å². The molecule has 2 rings (SSSR count). The first-order chi connectivity index (χ1) is 8.10. The van der Waals surface area contributed by atoms with E-state index in [-0.39, 0.29) is 5.60 Å². The normalized spacial score (nSPS) is 34.2. The molecule has 4 heteroatoms. The molecule has 2 fully saturated rings. The van der Waals surface area contributed by atoms with Crippen molar-refractivity contribution < 1.29 is 13.5 Å². The van der Waals surface area contributed by atoms with Crippen molar-refractivity contribution in [3.05, 3.63) is 0 Å². The fourth-order valence-corrected chi connectivity index (χ4v) is 2.52. The summed E-state index contributed by atoms with van der Waals surface area (Å²) in [5, 5.41) is 3.44. The van der Waals surface area contributed by atoms with Crippen molar-refractivity contribution in [1.82, 2.24) is 5.32 Å². The summed E-state index contributed by atoms with van der Waals surface area (Å²) in [5.41, 5.74) is -0.328. The molecule has 1 N–H and O–H groups in total. The Labute approximate surface area is 102 Å². The minimum absolute atomic E-state index is 0.328. The van der Waals surface area contributed by atoms with Gasteiger partial charge in [0.25, 0.3) is 6.43 Å².